The number of hydrogen-bond donors (Lipinski definition) is 5. The monoisotopic (exact) mass is 663 g/mol. The summed E-state index contributed by atoms with van der Waals surface area (Å²) in [5, 5.41) is 19.9. The highest BCUT2D eigenvalue weighted by molar-refractivity contribution is 6.01. The number of amides is 2. The van der Waals surface area contributed by atoms with Crippen LogP contribution in [0.5, 0.6) is 0 Å². The number of carboxylic acid groups (broad SMARTS) is 1. The molecule has 0 saturated heterocycles. The molecule has 0 radical (unpaired) electrons. The molecule has 4 heterocycles. The molecule has 0 bridgehead atoms. The summed E-state index contributed by atoms with van der Waals surface area (Å²) in [5.74, 6) is -3.50. The van der Waals surface area contributed by atoms with E-state index in [1.54, 1.807) is 19.2 Å². The second-order valence-corrected chi connectivity index (χ2v) is 10.3. The lowest BCUT2D eigenvalue weighted by Gasteiger charge is -2.14. The lowest BCUT2D eigenvalue weighted by atomic mass is 10.0. The fraction of sp³-hybridized carbons (Fsp3) is 0.172. The van der Waals surface area contributed by atoms with Crippen LogP contribution in [0.25, 0.3) is 28.1 Å². The molecule has 2 amide bonds. The molecule has 7 N–H and O–H groups in total. The van der Waals surface area contributed by atoms with Gasteiger partial charge in [-0.2, -0.15) is 5.10 Å². The van der Waals surface area contributed by atoms with Crippen LogP contribution in [0.1, 0.15) is 60.5 Å². The zero-order valence-corrected chi connectivity index (χ0v) is 25.2. The first-order valence-corrected chi connectivity index (χ1v) is 13.7. The molecular formula is C29H26ClN9O8. The van der Waals surface area contributed by atoms with Crippen molar-refractivity contribution in [2.75, 3.05) is 0 Å². The molecule has 0 aliphatic heterocycles. The predicted octanol–water partition coefficient (Wildman–Crippen LogP) is 1.30. The molecule has 17 nitrogen and oxygen atoms in total. The number of primary amides is 1. The topological polar surface area (TPSA) is 260 Å². The molecule has 1 aliphatic rings. The number of hydrogen-bond acceptors (Lipinski definition) is 11. The van der Waals surface area contributed by atoms with Gasteiger partial charge in [-0.25, -0.2) is 23.9 Å². The minimum atomic E-state index is -1.35. The fourth-order valence-electron chi connectivity index (χ4n) is 5.21. The van der Waals surface area contributed by atoms with Gasteiger partial charge in [0, 0.05) is 25.2 Å². The molecule has 47 heavy (non-hydrogen) atoms. The van der Waals surface area contributed by atoms with Crippen molar-refractivity contribution in [2.24, 2.45) is 18.5 Å². The number of aromatic nitrogens is 6. The molecule has 6 aromatic rings. The standard InChI is InChI=1S/C20H15N7O6.C9H10N2O2.ClH/c21-15(28)11-7-22-27-14(19(30)31)6-13(23-17(11)27)18(29)24-12-4-2-8-5-9(1-3-10(8)12)16-25-20(32)33-26-16;1-11-7-4-6(5-10)2-3-8(7)13-9(11)12;/h1,3,5-7,12H,2,4H2,(H2,21,28)(H,24,29)(H,30,31)(H,25,26,32);2-4H,5,10H2,1H3;1H/t12-;;/m0../s1. The summed E-state index contributed by atoms with van der Waals surface area (Å²) < 4.78 is 11.9. The third-order valence-corrected chi connectivity index (χ3v) is 7.52. The second-order valence-electron chi connectivity index (χ2n) is 10.3. The summed E-state index contributed by atoms with van der Waals surface area (Å²) in [6, 6.07) is 11.6. The number of carboxylic acids is 1. The summed E-state index contributed by atoms with van der Waals surface area (Å²) in [6.45, 7) is 0.468. The van der Waals surface area contributed by atoms with Gasteiger partial charge in [0.05, 0.1) is 17.8 Å². The van der Waals surface area contributed by atoms with E-state index in [-0.39, 0.29) is 46.8 Å². The number of carbonyl (C=O) groups excluding carboxylic acids is 2. The molecule has 0 spiro atoms. The summed E-state index contributed by atoms with van der Waals surface area (Å²) in [4.78, 5) is 65.1. The Bertz CT molecular complexity index is 2300. The largest absolute Gasteiger partial charge is 0.477 e. The Balaban J connectivity index is 0.000000260. The van der Waals surface area contributed by atoms with Crippen LogP contribution < -0.4 is 28.3 Å². The molecule has 7 rings (SSSR count). The predicted molar refractivity (Wildman–Crippen MR) is 166 cm³/mol. The van der Waals surface area contributed by atoms with Gasteiger partial charge >= 0.3 is 17.5 Å². The zero-order valence-electron chi connectivity index (χ0n) is 24.4. The Morgan fingerprint density at radius 1 is 1.15 bits per heavy atom. The number of carbonyl (C=O) groups is 3. The Kier molecular flexibility index (Phi) is 8.76. The van der Waals surface area contributed by atoms with Crippen molar-refractivity contribution in [3.8, 4) is 11.4 Å². The number of aromatic carboxylic acids is 1. The number of fused-ring (bicyclic) bond motifs is 3. The SMILES string of the molecule is Cl.Cn1c(=O)oc2ccc(CN)cc21.NC(=O)c1cnn2c(C(=O)O)cc(C(=O)N[C@H]3CCc4cc(-c5noc(=O)[nH]5)ccc43)nc12. The van der Waals surface area contributed by atoms with Gasteiger partial charge in [0.15, 0.2) is 22.7 Å². The molecule has 242 valence electrons. The molecular weight excluding hydrogens is 638 g/mol. The average Bonchev–Trinajstić information content (AvgIpc) is 3.83. The lowest BCUT2D eigenvalue weighted by molar-refractivity contribution is 0.0686. The molecule has 1 atom stereocenters. The van der Waals surface area contributed by atoms with E-state index < -0.39 is 23.5 Å². The van der Waals surface area contributed by atoms with Gasteiger partial charge in [-0.1, -0.05) is 23.4 Å². The number of rotatable bonds is 6. The van der Waals surface area contributed by atoms with Crippen LogP contribution in [0, 0.1) is 0 Å². The van der Waals surface area contributed by atoms with E-state index in [0.29, 0.717) is 36.4 Å². The Morgan fingerprint density at radius 2 is 1.94 bits per heavy atom. The highest BCUT2D eigenvalue weighted by Gasteiger charge is 2.27. The maximum Gasteiger partial charge on any atom is 0.439 e. The van der Waals surface area contributed by atoms with Gasteiger partial charge in [-0.05, 0) is 47.7 Å². The Morgan fingerprint density at radius 3 is 2.62 bits per heavy atom. The highest BCUT2D eigenvalue weighted by atomic mass is 35.5. The molecule has 0 unspecified atom stereocenters. The van der Waals surface area contributed by atoms with E-state index in [0.717, 1.165) is 39.0 Å². The minimum Gasteiger partial charge on any atom is -0.477 e. The van der Waals surface area contributed by atoms with Crippen molar-refractivity contribution in [3.05, 3.63) is 103 Å². The number of H-pyrrole nitrogens is 1. The molecule has 4 aromatic heterocycles. The van der Waals surface area contributed by atoms with E-state index in [1.165, 1.54) is 4.57 Å². The summed E-state index contributed by atoms with van der Waals surface area (Å²) >= 11 is 0. The van der Waals surface area contributed by atoms with Gasteiger partial charge < -0.3 is 26.3 Å². The first-order chi connectivity index (χ1) is 22.0. The number of nitrogens with two attached hydrogens (primary N) is 2. The molecule has 2 aromatic carbocycles. The smallest absolute Gasteiger partial charge is 0.439 e. The Hall–Kier alpha value is -6.07. The third-order valence-electron chi connectivity index (χ3n) is 7.52. The van der Waals surface area contributed by atoms with Crippen LogP contribution >= 0.6 is 12.4 Å². The van der Waals surface area contributed by atoms with Crippen molar-refractivity contribution in [1.29, 1.82) is 0 Å². The van der Waals surface area contributed by atoms with Crippen LogP contribution in [0.3, 0.4) is 0 Å². The number of nitrogens with one attached hydrogen (secondary N) is 2. The number of benzene rings is 2. The van der Waals surface area contributed by atoms with Crippen LogP contribution in [-0.2, 0) is 20.0 Å². The van der Waals surface area contributed by atoms with E-state index in [9.17, 15) is 29.1 Å². The Labute approximate surface area is 268 Å². The molecule has 18 heteroatoms. The van der Waals surface area contributed by atoms with E-state index in [2.05, 4.69) is 30.1 Å². The minimum absolute atomic E-state index is 0. The quantitative estimate of drug-likeness (QED) is 0.169. The normalized spacial score (nSPS) is 13.4. The van der Waals surface area contributed by atoms with E-state index in [4.69, 9.17) is 15.9 Å². The van der Waals surface area contributed by atoms with Crippen LogP contribution in [0.2, 0.25) is 0 Å². The van der Waals surface area contributed by atoms with E-state index in [1.807, 2.05) is 24.3 Å². The number of aryl methyl sites for hydroxylation is 2. The molecule has 0 saturated carbocycles. The fourth-order valence-corrected chi connectivity index (χ4v) is 5.21. The maximum atomic E-state index is 12.9. The molecule has 0 fully saturated rings. The zero-order chi connectivity index (χ0) is 32.7. The average molecular weight is 664 g/mol. The highest BCUT2D eigenvalue weighted by Crippen LogP contribution is 2.33. The third kappa shape index (κ3) is 6.11. The van der Waals surface area contributed by atoms with Crippen LogP contribution in [-0.4, -0.2) is 52.2 Å². The maximum absolute atomic E-state index is 12.9. The number of oxazole rings is 1. The van der Waals surface area contributed by atoms with Crippen LogP contribution in [0.15, 0.2) is 67.2 Å². The van der Waals surface area contributed by atoms with E-state index >= 15 is 0 Å². The summed E-state index contributed by atoms with van der Waals surface area (Å²) in [5.41, 5.74) is 14.9. The second kappa shape index (κ2) is 12.7. The van der Waals surface area contributed by atoms with Gasteiger partial charge in [-0.15, -0.1) is 12.4 Å². The number of nitrogens with zero attached hydrogens (tertiary/aromatic N) is 5. The van der Waals surface area contributed by atoms with Crippen molar-refractivity contribution in [3.63, 3.8) is 0 Å². The van der Waals surface area contributed by atoms with Gasteiger partial charge in [0.1, 0.15) is 11.3 Å². The first-order valence-electron chi connectivity index (χ1n) is 13.7. The van der Waals surface area contributed by atoms with Crippen molar-refractivity contribution < 1.29 is 28.4 Å². The van der Waals surface area contributed by atoms with Gasteiger partial charge in [0.25, 0.3) is 11.8 Å². The summed E-state index contributed by atoms with van der Waals surface area (Å²) in [6.07, 6.45) is 2.37. The summed E-state index contributed by atoms with van der Waals surface area (Å²) in [7, 11) is 1.68. The first kappa shape index (κ1) is 32.3. The van der Waals surface area contributed by atoms with Crippen molar-refractivity contribution in [1.82, 2.24) is 34.6 Å². The number of halogens is 1. The van der Waals surface area contributed by atoms with Crippen molar-refractivity contribution >= 4 is 46.9 Å². The molecule has 1 aliphatic carbocycles. The van der Waals surface area contributed by atoms with Crippen LogP contribution in [0.4, 0.5) is 0 Å². The van der Waals surface area contributed by atoms with Gasteiger partial charge in [0.2, 0.25) is 0 Å². The number of aromatic amines is 1. The van der Waals surface area contributed by atoms with Crippen molar-refractivity contribution in [2.45, 2.75) is 25.4 Å². The lowest BCUT2D eigenvalue weighted by Crippen LogP contribution is -2.29. The van der Waals surface area contributed by atoms with Gasteiger partial charge in [-0.3, -0.25) is 23.7 Å².